The lowest BCUT2D eigenvalue weighted by Gasteiger charge is -2.04. The highest BCUT2D eigenvalue weighted by molar-refractivity contribution is 5.82. The number of halogens is 2. The van der Waals surface area contributed by atoms with Gasteiger partial charge in [0.2, 0.25) is 0 Å². The molecule has 0 aliphatic heterocycles. The van der Waals surface area contributed by atoms with Gasteiger partial charge in [-0.15, -0.1) is 0 Å². The van der Waals surface area contributed by atoms with Gasteiger partial charge >= 0.3 is 6.61 Å². The predicted octanol–water partition coefficient (Wildman–Crippen LogP) is 2.32. The molecule has 92 valence electrons. The third kappa shape index (κ3) is 2.21. The summed E-state index contributed by atoms with van der Waals surface area (Å²) in [4.78, 5) is 4.23. The van der Waals surface area contributed by atoms with E-state index in [0.29, 0.717) is 17.9 Å². The Labute approximate surface area is 96.8 Å². The number of para-hydroxylation sites is 1. The van der Waals surface area contributed by atoms with Crippen LogP contribution in [-0.4, -0.2) is 23.3 Å². The van der Waals surface area contributed by atoms with E-state index < -0.39 is 6.61 Å². The van der Waals surface area contributed by atoms with E-state index in [4.69, 9.17) is 4.74 Å². The minimum atomic E-state index is -2.85. The third-order valence-corrected chi connectivity index (χ3v) is 2.46. The zero-order valence-corrected chi connectivity index (χ0v) is 9.48. The summed E-state index contributed by atoms with van der Waals surface area (Å²) < 4.78 is 35.6. The fraction of sp³-hybridized carbons (Fsp3) is 0.364. The lowest BCUT2D eigenvalue weighted by atomic mass is 10.3. The Kier molecular flexibility index (Phi) is 3.23. The minimum absolute atomic E-state index is 0.0791. The van der Waals surface area contributed by atoms with Crippen LogP contribution >= 0.6 is 0 Å². The lowest BCUT2D eigenvalue weighted by molar-refractivity contribution is -0.0489. The Morgan fingerprint density at radius 1 is 1.41 bits per heavy atom. The first-order valence-electron chi connectivity index (χ1n) is 5.01. The molecular weight excluding hydrogens is 230 g/mol. The van der Waals surface area contributed by atoms with E-state index in [1.165, 1.54) is 6.07 Å². The summed E-state index contributed by atoms with van der Waals surface area (Å²) >= 11 is 0. The van der Waals surface area contributed by atoms with Crippen LogP contribution in [0.15, 0.2) is 18.2 Å². The van der Waals surface area contributed by atoms with Crippen molar-refractivity contribution >= 4 is 11.0 Å². The Morgan fingerprint density at radius 2 is 2.18 bits per heavy atom. The molecule has 0 atom stereocenters. The Bertz CT molecular complexity index is 525. The van der Waals surface area contributed by atoms with Gasteiger partial charge in [-0.1, -0.05) is 6.07 Å². The van der Waals surface area contributed by atoms with Crippen molar-refractivity contribution in [3.63, 3.8) is 0 Å². The number of aromatic nitrogens is 2. The summed E-state index contributed by atoms with van der Waals surface area (Å²) in [5.74, 6) is 0.739. The Balaban J connectivity index is 2.52. The highest BCUT2D eigenvalue weighted by Crippen LogP contribution is 2.26. The average Bonchev–Trinajstić information content (AvgIpc) is 2.58. The van der Waals surface area contributed by atoms with Crippen LogP contribution in [-0.2, 0) is 18.4 Å². The number of fused-ring (bicyclic) bond motifs is 1. The Hall–Kier alpha value is -1.69. The first kappa shape index (κ1) is 11.8. The molecule has 0 aliphatic carbocycles. The molecule has 1 heterocycles. The number of hydrogen-bond acceptors (Lipinski definition) is 3. The fourth-order valence-electron chi connectivity index (χ4n) is 1.69. The zero-order chi connectivity index (χ0) is 12.4. The molecule has 0 aliphatic rings. The van der Waals surface area contributed by atoms with Gasteiger partial charge in [0.1, 0.15) is 17.9 Å². The van der Waals surface area contributed by atoms with Gasteiger partial charge in [0, 0.05) is 14.2 Å². The molecule has 0 amide bonds. The van der Waals surface area contributed by atoms with E-state index in [1.54, 1.807) is 30.9 Å². The molecule has 1 aromatic heterocycles. The number of hydrogen-bond donors (Lipinski definition) is 0. The second kappa shape index (κ2) is 4.67. The van der Waals surface area contributed by atoms with Gasteiger partial charge in [0.15, 0.2) is 5.75 Å². The molecule has 2 rings (SSSR count). The molecule has 0 unspecified atom stereocenters. The lowest BCUT2D eigenvalue weighted by Crippen LogP contribution is -2.02. The van der Waals surface area contributed by atoms with E-state index in [1.807, 2.05) is 0 Å². The number of methoxy groups -OCH3 is 1. The SMILES string of the molecule is COCc1nc2c(OC(F)F)cccc2n1C. The predicted molar refractivity (Wildman–Crippen MR) is 58.1 cm³/mol. The second-order valence-electron chi connectivity index (χ2n) is 3.52. The van der Waals surface area contributed by atoms with Crippen molar-refractivity contribution in [2.75, 3.05) is 7.11 Å². The number of rotatable bonds is 4. The second-order valence-corrected chi connectivity index (χ2v) is 3.52. The van der Waals surface area contributed by atoms with Gasteiger partial charge in [-0.2, -0.15) is 8.78 Å². The maximum atomic E-state index is 12.2. The van der Waals surface area contributed by atoms with E-state index in [-0.39, 0.29) is 5.75 Å². The molecule has 1 aromatic carbocycles. The molecule has 0 spiro atoms. The van der Waals surface area contributed by atoms with Gasteiger partial charge < -0.3 is 14.0 Å². The largest absolute Gasteiger partial charge is 0.432 e. The molecule has 6 heteroatoms. The standard InChI is InChI=1S/C11H12F2N2O2/c1-15-7-4-3-5-8(17-11(12)13)10(7)14-9(15)6-16-2/h3-5,11H,6H2,1-2H3. The van der Waals surface area contributed by atoms with Crippen LogP contribution < -0.4 is 4.74 Å². The van der Waals surface area contributed by atoms with Crippen LogP contribution in [0.2, 0.25) is 0 Å². The quantitative estimate of drug-likeness (QED) is 0.825. The smallest absolute Gasteiger partial charge is 0.387 e. The number of imidazole rings is 1. The summed E-state index contributed by atoms with van der Waals surface area (Å²) in [5.41, 5.74) is 1.15. The van der Waals surface area contributed by atoms with Crippen molar-refractivity contribution in [2.45, 2.75) is 13.2 Å². The molecule has 0 radical (unpaired) electrons. The zero-order valence-electron chi connectivity index (χ0n) is 9.48. The van der Waals surface area contributed by atoms with Crippen molar-refractivity contribution in [3.8, 4) is 5.75 Å². The van der Waals surface area contributed by atoms with Gasteiger partial charge in [0.05, 0.1) is 5.52 Å². The van der Waals surface area contributed by atoms with Crippen LogP contribution in [0.5, 0.6) is 5.75 Å². The van der Waals surface area contributed by atoms with Crippen molar-refractivity contribution in [2.24, 2.45) is 7.05 Å². The number of alkyl halides is 2. The van der Waals surface area contributed by atoms with Crippen LogP contribution in [0.1, 0.15) is 5.82 Å². The summed E-state index contributed by atoms with van der Waals surface area (Å²) in [7, 11) is 3.35. The number of benzene rings is 1. The molecule has 0 bridgehead atoms. The highest BCUT2D eigenvalue weighted by atomic mass is 19.3. The fourth-order valence-corrected chi connectivity index (χ4v) is 1.69. The normalized spacial score (nSPS) is 11.4. The highest BCUT2D eigenvalue weighted by Gasteiger charge is 2.14. The number of nitrogens with zero attached hydrogens (tertiary/aromatic N) is 2. The molecule has 0 saturated carbocycles. The molecule has 4 nitrogen and oxygen atoms in total. The van der Waals surface area contributed by atoms with Crippen molar-refractivity contribution < 1.29 is 18.3 Å². The first-order chi connectivity index (χ1) is 8.13. The topological polar surface area (TPSA) is 36.3 Å². The minimum Gasteiger partial charge on any atom is -0.432 e. The van der Waals surface area contributed by atoms with Gasteiger partial charge in [-0.05, 0) is 12.1 Å². The summed E-state index contributed by atoms with van der Waals surface area (Å²) in [6.07, 6.45) is 0. The molecule has 17 heavy (non-hydrogen) atoms. The van der Waals surface area contributed by atoms with Crippen LogP contribution in [0.25, 0.3) is 11.0 Å². The van der Waals surface area contributed by atoms with Gasteiger partial charge in [0.25, 0.3) is 0 Å². The number of aryl methyl sites for hydroxylation is 1. The van der Waals surface area contributed by atoms with E-state index in [0.717, 1.165) is 5.52 Å². The van der Waals surface area contributed by atoms with Crippen LogP contribution in [0.4, 0.5) is 8.78 Å². The molecule has 2 aromatic rings. The maximum absolute atomic E-state index is 12.2. The summed E-state index contributed by atoms with van der Waals surface area (Å²) in [5, 5.41) is 0. The molecule has 0 saturated heterocycles. The van der Waals surface area contributed by atoms with Crippen LogP contribution in [0.3, 0.4) is 0 Å². The van der Waals surface area contributed by atoms with Gasteiger partial charge in [-0.3, -0.25) is 0 Å². The third-order valence-electron chi connectivity index (χ3n) is 2.46. The Morgan fingerprint density at radius 3 is 2.82 bits per heavy atom. The van der Waals surface area contributed by atoms with Gasteiger partial charge in [-0.25, -0.2) is 4.98 Å². The summed E-state index contributed by atoms with van der Waals surface area (Å²) in [6.45, 7) is -2.53. The molecule has 0 N–H and O–H groups in total. The summed E-state index contributed by atoms with van der Waals surface area (Å²) in [6, 6.07) is 4.91. The maximum Gasteiger partial charge on any atom is 0.387 e. The van der Waals surface area contributed by atoms with Crippen LogP contribution in [0, 0.1) is 0 Å². The van der Waals surface area contributed by atoms with Crippen molar-refractivity contribution in [1.82, 2.24) is 9.55 Å². The number of ether oxygens (including phenoxy) is 2. The first-order valence-corrected chi connectivity index (χ1v) is 5.01. The molecular formula is C11H12F2N2O2. The monoisotopic (exact) mass is 242 g/mol. The average molecular weight is 242 g/mol. The van der Waals surface area contributed by atoms with E-state index >= 15 is 0 Å². The molecule has 0 fully saturated rings. The van der Waals surface area contributed by atoms with Crippen molar-refractivity contribution in [3.05, 3.63) is 24.0 Å². The van der Waals surface area contributed by atoms with E-state index in [9.17, 15) is 8.78 Å². The van der Waals surface area contributed by atoms with E-state index in [2.05, 4.69) is 9.72 Å². The van der Waals surface area contributed by atoms with Crippen molar-refractivity contribution in [1.29, 1.82) is 0 Å².